The number of nitrogens with zero attached hydrogens (tertiary/aromatic N) is 2. The average molecular weight is 729 g/mol. The molecular formula is C34H37IN2O6S. The number of fused-ring (bicyclic) bond motifs is 1. The third-order valence-electron chi connectivity index (χ3n) is 8.65. The van der Waals surface area contributed by atoms with Crippen molar-refractivity contribution in [3.8, 4) is 11.5 Å². The molecule has 0 saturated carbocycles. The maximum Gasteiger partial charge on any atom is 0.234 e. The first-order valence-electron chi connectivity index (χ1n) is 14.7. The van der Waals surface area contributed by atoms with Crippen molar-refractivity contribution >= 4 is 57.4 Å². The van der Waals surface area contributed by atoms with E-state index in [9.17, 15) is 24.9 Å². The third kappa shape index (κ3) is 6.49. The number of carbonyl (C=O) groups excluding carboxylic acids is 2. The SMILES string of the molecule is COc1cc(/C=C(/CC[C@@H](O)C2=C(C(C)C)C[C@H]3C(=O)N(Cc4cccs4)C(=O)[C@H]3[C@H]2CO)c2ccccn2)cc(I)c1O. The lowest BCUT2D eigenvalue weighted by Crippen LogP contribution is -2.39. The molecule has 3 heterocycles. The molecule has 4 atom stereocenters. The molecular weight excluding hydrogens is 691 g/mol. The van der Waals surface area contributed by atoms with Crippen molar-refractivity contribution in [1.29, 1.82) is 0 Å². The number of aromatic nitrogens is 1. The molecule has 1 aromatic carbocycles. The van der Waals surface area contributed by atoms with Crippen LogP contribution in [0, 0.1) is 27.2 Å². The van der Waals surface area contributed by atoms with Gasteiger partial charge in [-0.15, -0.1) is 11.3 Å². The van der Waals surface area contributed by atoms with Gasteiger partial charge < -0.3 is 20.1 Å². The third-order valence-corrected chi connectivity index (χ3v) is 10.3. The van der Waals surface area contributed by atoms with Crippen LogP contribution in [0.3, 0.4) is 0 Å². The monoisotopic (exact) mass is 728 g/mol. The molecule has 1 fully saturated rings. The lowest BCUT2D eigenvalue weighted by atomic mass is 9.66. The van der Waals surface area contributed by atoms with E-state index in [1.165, 1.54) is 23.3 Å². The Morgan fingerprint density at radius 3 is 2.64 bits per heavy atom. The minimum atomic E-state index is -0.929. The zero-order valence-electron chi connectivity index (χ0n) is 24.9. The number of allylic oxidation sites excluding steroid dienone is 2. The Kier molecular flexibility index (Phi) is 10.2. The highest BCUT2D eigenvalue weighted by Gasteiger charge is 2.55. The number of pyridine rings is 1. The molecule has 232 valence electrons. The number of hydrogen-bond donors (Lipinski definition) is 3. The molecule has 1 saturated heterocycles. The fourth-order valence-corrected chi connectivity index (χ4v) is 7.85. The molecule has 44 heavy (non-hydrogen) atoms. The summed E-state index contributed by atoms with van der Waals surface area (Å²) >= 11 is 3.56. The van der Waals surface area contributed by atoms with Crippen molar-refractivity contribution in [3.63, 3.8) is 0 Å². The van der Waals surface area contributed by atoms with Gasteiger partial charge in [-0.25, -0.2) is 0 Å². The zero-order chi connectivity index (χ0) is 31.5. The van der Waals surface area contributed by atoms with E-state index >= 15 is 0 Å². The minimum Gasteiger partial charge on any atom is -0.504 e. The Morgan fingerprint density at radius 1 is 1.20 bits per heavy atom. The van der Waals surface area contributed by atoms with Crippen LogP contribution in [0.1, 0.15) is 49.2 Å². The van der Waals surface area contributed by atoms with E-state index < -0.39 is 23.9 Å². The van der Waals surface area contributed by atoms with Gasteiger partial charge in [0.25, 0.3) is 0 Å². The largest absolute Gasteiger partial charge is 0.504 e. The van der Waals surface area contributed by atoms with Crippen LogP contribution in [0.2, 0.25) is 0 Å². The van der Waals surface area contributed by atoms with E-state index in [1.54, 1.807) is 12.3 Å². The molecule has 8 nitrogen and oxygen atoms in total. The van der Waals surface area contributed by atoms with Gasteiger partial charge in [0.2, 0.25) is 11.8 Å². The molecule has 2 aromatic heterocycles. The number of ether oxygens (including phenoxy) is 1. The summed E-state index contributed by atoms with van der Waals surface area (Å²) in [6, 6.07) is 13.1. The van der Waals surface area contributed by atoms with E-state index in [0.29, 0.717) is 34.2 Å². The van der Waals surface area contributed by atoms with Gasteiger partial charge in [-0.05, 0) is 106 Å². The molecule has 3 aromatic rings. The van der Waals surface area contributed by atoms with E-state index in [2.05, 4.69) is 27.6 Å². The summed E-state index contributed by atoms with van der Waals surface area (Å²) in [5.41, 5.74) is 4.07. The Bertz CT molecular complexity index is 1570. The van der Waals surface area contributed by atoms with Crippen molar-refractivity contribution < 1.29 is 29.6 Å². The number of methoxy groups -OCH3 is 1. The summed E-state index contributed by atoms with van der Waals surface area (Å²) in [6.07, 6.45) is 3.94. The Balaban J connectivity index is 1.45. The quantitative estimate of drug-likeness (QED) is 0.128. The van der Waals surface area contributed by atoms with E-state index in [0.717, 1.165) is 27.3 Å². The van der Waals surface area contributed by atoms with Gasteiger partial charge in [0.05, 0.1) is 47.5 Å². The van der Waals surface area contributed by atoms with E-state index in [-0.39, 0.29) is 36.6 Å². The van der Waals surface area contributed by atoms with Gasteiger partial charge in [-0.1, -0.05) is 31.6 Å². The van der Waals surface area contributed by atoms with Crippen LogP contribution in [0.5, 0.6) is 11.5 Å². The molecule has 5 rings (SSSR count). The number of aromatic hydroxyl groups is 1. The molecule has 0 radical (unpaired) electrons. The zero-order valence-corrected chi connectivity index (χ0v) is 27.9. The number of imide groups is 1. The number of phenols is 1. The Hall–Kier alpha value is -3.06. The molecule has 0 bridgehead atoms. The van der Waals surface area contributed by atoms with Gasteiger partial charge in [-0.3, -0.25) is 19.5 Å². The van der Waals surface area contributed by atoms with Crippen LogP contribution in [0.25, 0.3) is 11.6 Å². The van der Waals surface area contributed by atoms with Gasteiger partial charge >= 0.3 is 0 Å². The molecule has 0 spiro atoms. The maximum atomic E-state index is 13.7. The summed E-state index contributed by atoms with van der Waals surface area (Å²) in [4.78, 5) is 34.0. The van der Waals surface area contributed by atoms with Crippen LogP contribution in [-0.2, 0) is 16.1 Å². The van der Waals surface area contributed by atoms with Crippen LogP contribution >= 0.6 is 33.9 Å². The number of halogens is 1. The Labute approximate surface area is 275 Å². The smallest absolute Gasteiger partial charge is 0.234 e. The van der Waals surface area contributed by atoms with Gasteiger partial charge in [0, 0.05) is 17.0 Å². The molecule has 3 N–H and O–H groups in total. The lowest BCUT2D eigenvalue weighted by molar-refractivity contribution is -0.140. The van der Waals surface area contributed by atoms with E-state index in [1.807, 2.05) is 61.7 Å². The van der Waals surface area contributed by atoms with Crippen molar-refractivity contribution in [1.82, 2.24) is 9.88 Å². The number of benzene rings is 1. The van der Waals surface area contributed by atoms with Crippen LogP contribution in [-0.4, -0.2) is 56.8 Å². The van der Waals surface area contributed by atoms with Crippen LogP contribution < -0.4 is 4.74 Å². The van der Waals surface area contributed by atoms with Gasteiger partial charge in [-0.2, -0.15) is 0 Å². The number of aliphatic hydroxyl groups excluding tert-OH is 2. The predicted octanol–water partition coefficient (Wildman–Crippen LogP) is 5.91. The normalized spacial score (nSPS) is 21.3. The second-order valence-corrected chi connectivity index (χ2v) is 13.8. The molecule has 2 amide bonds. The van der Waals surface area contributed by atoms with Crippen LogP contribution in [0.15, 0.2) is 65.2 Å². The highest BCUT2D eigenvalue weighted by Crippen LogP contribution is 2.48. The fourth-order valence-electron chi connectivity index (χ4n) is 6.53. The van der Waals surface area contributed by atoms with E-state index in [4.69, 9.17) is 4.74 Å². The number of carbonyl (C=O) groups is 2. The molecule has 1 aliphatic heterocycles. The standard InChI is InChI=1S/C34H37IN2O6S/c1-19(2)23-16-24-31(34(42)37(33(24)41)17-22-7-6-12-44-22)25(18-38)30(23)28(39)10-9-21(27-8-4-5-11-36-27)13-20-14-26(35)32(40)29(15-20)43-3/h4-8,11-15,19,24-25,28,31,38-40H,9-10,16-18H2,1-3H3/b21-13-/t24-,25+,28-,31-/m1/s1. The lowest BCUT2D eigenvalue weighted by Gasteiger charge is -2.38. The number of rotatable bonds is 11. The highest BCUT2D eigenvalue weighted by molar-refractivity contribution is 14.1. The number of thiophene rings is 1. The molecule has 10 heteroatoms. The number of hydrogen-bond acceptors (Lipinski definition) is 8. The first-order chi connectivity index (χ1) is 21.1. The topological polar surface area (TPSA) is 120 Å². The molecule has 1 aliphatic carbocycles. The minimum absolute atomic E-state index is 0.0289. The molecule has 0 unspecified atom stereocenters. The maximum absolute atomic E-state index is 13.7. The van der Waals surface area contributed by atoms with Gasteiger partial charge in [0.1, 0.15) is 0 Å². The summed E-state index contributed by atoms with van der Waals surface area (Å²) in [6.45, 7) is 3.96. The van der Waals surface area contributed by atoms with Crippen molar-refractivity contribution in [2.45, 2.75) is 45.8 Å². The summed E-state index contributed by atoms with van der Waals surface area (Å²) in [5.74, 6) is -1.88. The predicted molar refractivity (Wildman–Crippen MR) is 179 cm³/mol. The summed E-state index contributed by atoms with van der Waals surface area (Å²) < 4.78 is 6.00. The second kappa shape index (κ2) is 13.9. The first-order valence-corrected chi connectivity index (χ1v) is 16.7. The fraction of sp³-hybridized carbons (Fsp3) is 0.382. The second-order valence-electron chi connectivity index (χ2n) is 11.6. The highest BCUT2D eigenvalue weighted by atomic mass is 127. The first kappa shape index (κ1) is 32.3. The average Bonchev–Trinajstić information content (AvgIpc) is 3.62. The van der Waals surface area contributed by atoms with Crippen molar-refractivity contribution in [2.24, 2.45) is 23.7 Å². The molecule has 2 aliphatic rings. The van der Waals surface area contributed by atoms with Crippen LogP contribution in [0.4, 0.5) is 0 Å². The summed E-state index contributed by atoms with van der Waals surface area (Å²) in [5, 5.41) is 34.7. The van der Waals surface area contributed by atoms with Crippen molar-refractivity contribution in [3.05, 3.63) is 84.9 Å². The summed E-state index contributed by atoms with van der Waals surface area (Å²) in [7, 11) is 1.51. The number of aliphatic hydroxyl groups is 2. The number of amides is 2. The van der Waals surface area contributed by atoms with Crippen molar-refractivity contribution in [2.75, 3.05) is 13.7 Å². The number of likely N-dealkylation sites (tertiary alicyclic amines) is 1. The van der Waals surface area contributed by atoms with Gasteiger partial charge in [0.15, 0.2) is 11.5 Å². The number of phenolic OH excluding ortho intramolecular Hbond substituents is 1. The Morgan fingerprint density at radius 2 is 2.00 bits per heavy atom.